The van der Waals surface area contributed by atoms with E-state index in [1.54, 1.807) is 23.1 Å². The fourth-order valence-electron chi connectivity index (χ4n) is 3.00. The number of likely N-dealkylation sites (tertiary alicyclic amines) is 1. The van der Waals surface area contributed by atoms with Crippen LogP contribution in [0.15, 0.2) is 18.2 Å². The van der Waals surface area contributed by atoms with Crippen molar-refractivity contribution in [2.75, 3.05) is 19.7 Å². The largest absolute Gasteiger partial charge is 0.455 e. The van der Waals surface area contributed by atoms with Crippen LogP contribution in [0.2, 0.25) is 10.0 Å². The third-order valence-corrected chi connectivity index (χ3v) is 4.67. The lowest BCUT2D eigenvalue weighted by atomic mass is 9.92. The summed E-state index contributed by atoms with van der Waals surface area (Å²) in [5.74, 6) is 0.286. The standard InChI is InChI=1S/C17H21Cl2NO3/c1-11-6-12(2)9-20(8-11)16(21)10-23-17(22)7-13-14(18)4-3-5-15(13)19/h3-5,11-12H,6-10H2,1-2H3/t11-,12-/m0/s1. The molecule has 1 saturated heterocycles. The Kier molecular flexibility index (Phi) is 6.31. The zero-order valence-corrected chi connectivity index (χ0v) is 14.9. The van der Waals surface area contributed by atoms with E-state index in [1.165, 1.54) is 0 Å². The Bertz CT molecular complexity index is 561. The van der Waals surface area contributed by atoms with Crippen molar-refractivity contribution >= 4 is 35.1 Å². The van der Waals surface area contributed by atoms with Gasteiger partial charge in [-0.2, -0.15) is 0 Å². The minimum atomic E-state index is -0.508. The van der Waals surface area contributed by atoms with Gasteiger partial charge in [0.25, 0.3) is 5.91 Å². The number of carbonyl (C=O) groups is 2. The molecule has 2 atom stereocenters. The van der Waals surface area contributed by atoms with E-state index in [2.05, 4.69) is 13.8 Å². The average Bonchev–Trinajstić information content (AvgIpc) is 2.47. The van der Waals surface area contributed by atoms with Gasteiger partial charge in [0.05, 0.1) is 6.42 Å². The van der Waals surface area contributed by atoms with Crippen LogP contribution in [0, 0.1) is 11.8 Å². The molecule has 1 aromatic carbocycles. The van der Waals surface area contributed by atoms with Crippen LogP contribution >= 0.6 is 23.2 Å². The first-order valence-electron chi connectivity index (χ1n) is 7.73. The predicted molar refractivity (Wildman–Crippen MR) is 90.7 cm³/mol. The number of carbonyl (C=O) groups excluding carboxylic acids is 2. The molecule has 0 radical (unpaired) electrons. The van der Waals surface area contributed by atoms with Crippen molar-refractivity contribution in [2.45, 2.75) is 26.7 Å². The molecular weight excluding hydrogens is 337 g/mol. The van der Waals surface area contributed by atoms with Crippen molar-refractivity contribution in [3.63, 3.8) is 0 Å². The van der Waals surface area contributed by atoms with Crippen LogP contribution in [0.5, 0.6) is 0 Å². The monoisotopic (exact) mass is 357 g/mol. The molecule has 1 aliphatic heterocycles. The molecule has 0 unspecified atom stereocenters. The van der Waals surface area contributed by atoms with E-state index >= 15 is 0 Å². The second-order valence-corrected chi connectivity index (χ2v) is 7.10. The SMILES string of the molecule is C[C@H]1C[C@H](C)CN(C(=O)COC(=O)Cc2c(Cl)cccc2Cl)C1. The molecule has 1 fully saturated rings. The topological polar surface area (TPSA) is 46.6 Å². The van der Waals surface area contributed by atoms with Crippen LogP contribution in [0.4, 0.5) is 0 Å². The number of halogens is 2. The third kappa shape index (κ3) is 5.11. The molecule has 23 heavy (non-hydrogen) atoms. The molecule has 1 aromatic rings. The van der Waals surface area contributed by atoms with Gasteiger partial charge in [-0.25, -0.2) is 0 Å². The smallest absolute Gasteiger partial charge is 0.310 e. The molecule has 0 bridgehead atoms. The summed E-state index contributed by atoms with van der Waals surface area (Å²) < 4.78 is 5.09. The highest BCUT2D eigenvalue weighted by Gasteiger charge is 2.26. The quantitative estimate of drug-likeness (QED) is 0.773. The number of amides is 1. The van der Waals surface area contributed by atoms with E-state index in [0.29, 0.717) is 27.4 Å². The maximum atomic E-state index is 12.2. The van der Waals surface area contributed by atoms with E-state index in [9.17, 15) is 9.59 Å². The molecule has 4 nitrogen and oxygen atoms in total. The van der Waals surface area contributed by atoms with Crippen LogP contribution in [0.1, 0.15) is 25.8 Å². The van der Waals surface area contributed by atoms with Crippen LogP contribution < -0.4 is 0 Å². The van der Waals surface area contributed by atoms with Crippen molar-refractivity contribution in [2.24, 2.45) is 11.8 Å². The first kappa shape index (κ1) is 18.1. The van der Waals surface area contributed by atoms with E-state index in [-0.39, 0.29) is 18.9 Å². The van der Waals surface area contributed by atoms with Gasteiger partial charge < -0.3 is 9.64 Å². The van der Waals surface area contributed by atoms with Crippen LogP contribution in [-0.2, 0) is 20.7 Å². The Hall–Kier alpha value is -1.26. The first-order valence-corrected chi connectivity index (χ1v) is 8.48. The molecule has 1 heterocycles. The van der Waals surface area contributed by atoms with Crippen LogP contribution in [0.25, 0.3) is 0 Å². The molecule has 2 rings (SSSR count). The molecule has 0 N–H and O–H groups in total. The van der Waals surface area contributed by atoms with Gasteiger partial charge >= 0.3 is 5.97 Å². The molecule has 6 heteroatoms. The number of benzene rings is 1. The van der Waals surface area contributed by atoms with E-state index in [4.69, 9.17) is 27.9 Å². The Balaban J connectivity index is 1.85. The predicted octanol–water partition coefficient (Wildman–Crippen LogP) is 3.58. The molecule has 126 valence electrons. The Morgan fingerprint density at radius 2 is 1.74 bits per heavy atom. The summed E-state index contributed by atoms with van der Waals surface area (Å²) in [5, 5.41) is 0.832. The Morgan fingerprint density at radius 3 is 2.30 bits per heavy atom. The second kappa shape index (κ2) is 8.02. The third-order valence-electron chi connectivity index (χ3n) is 3.96. The number of rotatable bonds is 4. The first-order chi connectivity index (χ1) is 10.9. The molecular formula is C17H21Cl2NO3. The number of nitrogens with zero attached hydrogens (tertiary/aromatic N) is 1. The van der Waals surface area contributed by atoms with Crippen LogP contribution in [-0.4, -0.2) is 36.5 Å². The van der Waals surface area contributed by atoms with Crippen molar-refractivity contribution in [3.05, 3.63) is 33.8 Å². The zero-order valence-electron chi connectivity index (χ0n) is 13.4. The highest BCUT2D eigenvalue weighted by Crippen LogP contribution is 2.25. The number of ether oxygens (including phenoxy) is 1. The summed E-state index contributed by atoms with van der Waals surface area (Å²) in [5.41, 5.74) is 0.522. The Labute approximate surface area is 146 Å². The van der Waals surface area contributed by atoms with E-state index in [0.717, 1.165) is 19.5 Å². The number of piperidine rings is 1. The molecule has 1 aliphatic rings. The van der Waals surface area contributed by atoms with Crippen molar-refractivity contribution in [1.29, 1.82) is 0 Å². The van der Waals surface area contributed by atoms with E-state index in [1.807, 2.05) is 0 Å². The number of hydrogen-bond donors (Lipinski definition) is 0. The van der Waals surface area contributed by atoms with E-state index < -0.39 is 5.97 Å². The summed E-state index contributed by atoms with van der Waals surface area (Å²) in [6.07, 6.45) is 1.08. The molecule has 1 amide bonds. The summed E-state index contributed by atoms with van der Waals surface area (Å²) >= 11 is 12.0. The van der Waals surface area contributed by atoms with Gasteiger partial charge in [0.1, 0.15) is 0 Å². The van der Waals surface area contributed by atoms with Crippen molar-refractivity contribution in [1.82, 2.24) is 4.90 Å². The fraction of sp³-hybridized carbons (Fsp3) is 0.529. The van der Waals surface area contributed by atoms with Gasteiger partial charge in [-0.1, -0.05) is 43.1 Å². The molecule has 0 saturated carbocycles. The van der Waals surface area contributed by atoms with Crippen molar-refractivity contribution in [3.8, 4) is 0 Å². The van der Waals surface area contributed by atoms with Crippen LogP contribution in [0.3, 0.4) is 0 Å². The second-order valence-electron chi connectivity index (χ2n) is 6.28. The number of hydrogen-bond acceptors (Lipinski definition) is 3. The lowest BCUT2D eigenvalue weighted by Gasteiger charge is -2.34. The van der Waals surface area contributed by atoms with Crippen molar-refractivity contribution < 1.29 is 14.3 Å². The number of esters is 1. The lowest BCUT2D eigenvalue weighted by molar-refractivity contribution is -0.152. The normalized spacial score (nSPS) is 21.1. The summed E-state index contributed by atoms with van der Waals surface area (Å²) in [6.45, 7) is 5.46. The highest BCUT2D eigenvalue weighted by molar-refractivity contribution is 6.36. The van der Waals surface area contributed by atoms with Gasteiger partial charge in [0.2, 0.25) is 0 Å². The maximum Gasteiger partial charge on any atom is 0.310 e. The minimum Gasteiger partial charge on any atom is -0.455 e. The molecule has 0 aliphatic carbocycles. The highest BCUT2D eigenvalue weighted by atomic mass is 35.5. The Morgan fingerprint density at radius 1 is 1.17 bits per heavy atom. The van der Waals surface area contributed by atoms with Gasteiger partial charge in [-0.3, -0.25) is 9.59 Å². The average molecular weight is 358 g/mol. The summed E-state index contributed by atoms with van der Waals surface area (Å²) in [4.78, 5) is 25.9. The maximum absolute atomic E-state index is 12.2. The molecule has 0 spiro atoms. The lowest BCUT2D eigenvalue weighted by Crippen LogP contribution is -2.44. The van der Waals surface area contributed by atoms with Gasteiger partial charge in [-0.05, 0) is 30.4 Å². The molecule has 0 aromatic heterocycles. The van der Waals surface area contributed by atoms with Gasteiger partial charge in [0.15, 0.2) is 6.61 Å². The summed E-state index contributed by atoms with van der Waals surface area (Å²) in [6, 6.07) is 5.04. The van der Waals surface area contributed by atoms with Gasteiger partial charge in [0, 0.05) is 28.7 Å². The minimum absolute atomic E-state index is 0.0431. The van der Waals surface area contributed by atoms with Gasteiger partial charge in [-0.15, -0.1) is 0 Å². The summed E-state index contributed by atoms with van der Waals surface area (Å²) in [7, 11) is 0. The fourth-order valence-corrected chi connectivity index (χ4v) is 3.53. The zero-order chi connectivity index (χ0) is 17.0.